The van der Waals surface area contributed by atoms with Crippen LogP contribution in [0.1, 0.15) is 0 Å². The van der Waals surface area contributed by atoms with Gasteiger partial charge in [0.05, 0.1) is 13.2 Å². The summed E-state index contributed by atoms with van der Waals surface area (Å²) in [6.45, 7) is -0.652. The lowest BCUT2D eigenvalue weighted by atomic mass is 9.99. The highest BCUT2D eigenvalue weighted by atomic mass is 16.7. The molecule has 11 nitrogen and oxygen atoms in total. The Morgan fingerprint density at radius 1 is 0.962 bits per heavy atom. The van der Waals surface area contributed by atoms with E-state index in [1.807, 2.05) is 0 Å². The Kier molecular flexibility index (Phi) is 8.12. The van der Waals surface area contributed by atoms with Crippen LogP contribution in [0.15, 0.2) is 0 Å². The van der Waals surface area contributed by atoms with Crippen LogP contribution in [0.25, 0.3) is 0 Å². The van der Waals surface area contributed by atoms with Crippen LogP contribution in [-0.2, 0) is 28.4 Å². The largest absolute Gasteiger partial charge is 0.394 e. The summed E-state index contributed by atoms with van der Waals surface area (Å²) in [7, 11) is 4.24. The van der Waals surface area contributed by atoms with Gasteiger partial charge >= 0.3 is 0 Å². The van der Waals surface area contributed by atoms with Crippen LogP contribution < -0.4 is 0 Å². The average molecular weight is 384 g/mol. The minimum Gasteiger partial charge on any atom is -0.394 e. The van der Waals surface area contributed by atoms with Crippen LogP contribution in [0.5, 0.6) is 0 Å². The van der Waals surface area contributed by atoms with Gasteiger partial charge in [-0.3, -0.25) is 0 Å². The molecule has 0 amide bonds. The van der Waals surface area contributed by atoms with Gasteiger partial charge in [-0.05, 0) is 0 Å². The molecule has 26 heavy (non-hydrogen) atoms. The van der Waals surface area contributed by atoms with Crippen LogP contribution in [0, 0.1) is 0 Å². The molecule has 5 N–H and O–H groups in total. The molecule has 0 radical (unpaired) electrons. The lowest BCUT2D eigenvalue weighted by molar-refractivity contribution is -0.322. The second-order valence-electron chi connectivity index (χ2n) is 6.20. The molecule has 2 saturated heterocycles. The third kappa shape index (κ3) is 4.34. The minimum atomic E-state index is -1.59. The lowest BCUT2D eigenvalue weighted by Gasteiger charge is -2.41. The van der Waals surface area contributed by atoms with Gasteiger partial charge < -0.3 is 54.0 Å². The lowest BCUT2D eigenvalue weighted by Crippen LogP contribution is -2.61. The summed E-state index contributed by atoms with van der Waals surface area (Å²) in [6.07, 6.45) is -11.7. The molecule has 0 saturated carbocycles. The molecule has 0 aromatic rings. The number of hydrogen-bond acceptors (Lipinski definition) is 11. The summed E-state index contributed by atoms with van der Waals surface area (Å²) in [5.74, 6) is 0. The molecule has 0 bridgehead atoms. The van der Waals surface area contributed by atoms with Crippen LogP contribution in [0.4, 0.5) is 0 Å². The van der Waals surface area contributed by atoms with E-state index >= 15 is 0 Å². The molecule has 11 heteroatoms. The van der Waals surface area contributed by atoms with Crippen molar-refractivity contribution in [1.29, 1.82) is 0 Å². The van der Waals surface area contributed by atoms with Crippen molar-refractivity contribution in [2.45, 2.75) is 61.4 Å². The smallest absolute Gasteiger partial charge is 0.187 e. The number of ether oxygens (including phenoxy) is 6. The Bertz CT molecular complexity index is 418. The molecule has 2 rings (SSSR count). The van der Waals surface area contributed by atoms with Crippen LogP contribution in [0.3, 0.4) is 0 Å². The summed E-state index contributed by atoms with van der Waals surface area (Å²) in [6, 6.07) is 0. The monoisotopic (exact) mass is 384 g/mol. The fourth-order valence-corrected chi connectivity index (χ4v) is 3.17. The summed E-state index contributed by atoms with van der Waals surface area (Å²) in [4.78, 5) is 0. The Morgan fingerprint density at radius 2 is 1.62 bits per heavy atom. The van der Waals surface area contributed by atoms with Gasteiger partial charge in [0, 0.05) is 21.3 Å². The van der Waals surface area contributed by atoms with E-state index in [4.69, 9.17) is 28.4 Å². The van der Waals surface area contributed by atoms with Gasteiger partial charge in [-0.25, -0.2) is 0 Å². The first-order valence-corrected chi connectivity index (χ1v) is 8.23. The molecular weight excluding hydrogens is 356 g/mol. The highest BCUT2D eigenvalue weighted by Crippen LogP contribution is 2.30. The second kappa shape index (κ2) is 9.66. The zero-order valence-electron chi connectivity index (χ0n) is 14.9. The van der Waals surface area contributed by atoms with Crippen molar-refractivity contribution in [2.75, 3.05) is 34.5 Å². The van der Waals surface area contributed by atoms with Crippen molar-refractivity contribution < 1.29 is 54.0 Å². The van der Waals surface area contributed by atoms with Crippen LogP contribution in [0.2, 0.25) is 0 Å². The second-order valence-corrected chi connectivity index (χ2v) is 6.20. The molecule has 0 aliphatic carbocycles. The average Bonchev–Trinajstić information content (AvgIpc) is 3.00. The molecule has 154 valence electrons. The predicted molar refractivity (Wildman–Crippen MR) is 83.0 cm³/mol. The summed E-state index contributed by atoms with van der Waals surface area (Å²) < 4.78 is 32.2. The molecule has 9 atom stereocenters. The van der Waals surface area contributed by atoms with Crippen molar-refractivity contribution in [3.8, 4) is 0 Å². The molecule has 2 fully saturated rings. The number of hydrogen-bond donors (Lipinski definition) is 5. The van der Waals surface area contributed by atoms with Gasteiger partial charge in [0.1, 0.15) is 48.8 Å². The maximum atomic E-state index is 10.2. The fourth-order valence-electron chi connectivity index (χ4n) is 3.17. The van der Waals surface area contributed by atoms with Gasteiger partial charge in [0.25, 0.3) is 0 Å². The van der Waals surface area contributed by atoms with Crippen molar-refractivity contribution >= 4 is 0 Å². The van der Waals surface area contributed by atoms with Gasteiger partial charge in [-0.15, -0.1) is 0 Å². The number of rotatable bonds is 8. The maximum Gasteiger partial charge on any atom is 0.187 e. The number of aliphatic hydroxyl groups is 5. The van der Waals surface area contributed by atoms with E-state index in [9.17, 15) is 25.5 Å². The zero-order chi connectivity index (χ0) is 19.4. The van der Waals surface area contributed by atoms with E-state index in [0.717, 1.165) is 0 Å². The predicted octanol–water partition coefficient (Wildman–Crippen LogP) is -3.43. The third-order valence-electron chi connectivity index (χ3n) is 4.63. The Hall–Kier alpha value is -0.440. The molecule has 0 aromatic carbocycles. The zero-order valence-corrected chi connectivity index (χ0v) is 14.9. The van der Waals surface area contributed by atoms with Crippen LogP contribution in [-0.4, -0.2) is 121 Å². The van der Waals surface area contributed by atoms with Gasteiger partial charge in [-0.2, -0.15) is 0 Å². The Morgan fingerprint density at radius 3 is 2.15 bits per heavy atom. The fraction of sp³-hybridized carbons (Fsp3) is 1.00. The normalized spacial score (nSPS) is 42.3. The SMILES string of the molecule is COC(OC)C(OC)C1OCC(O)C1OC1OC(CO)C(O)C(O)C1O. The molecule has 2 aliphatic heterocycles. The van der Waals surface area contributed by atoms with Gasteiger partial charge in [0.2, 0.25) is 0 Å². The molecule has 0 aromatic heterocycles. The van der Waals surface area contributed by atoms with E-state index in [-0.39, 0.29) is 6.61 Å². The van der Waals surface area contributed by atoms with Crippen molar-refractivity contribution in [3.63, 3.8) is 0 Å². The van der Waals surface area contributed by atoms with E-state index in [1.54, 1.807) is 0 Å². The highest BCUT2D eigenvalue weighted by molar-refractivity contribution is 4.94. The van der Waals surface area contributed by atoms with Crippen molar-refractivity contribution in [1.82, 2.24) is 0 Å². The van der Waals surface area contributed by atoms with Crippen molar-refractivity contribution in [3.05, 3.63) is 0 Å². The highest BCUT2D eigenvalue weighted by Gasteiger charge is 2.50. The number of aliphatic hydroxyl groups excluding tert-OH is 5. The number of methoxy groups -OCH3 is 3. The van der Waals surface area contributed by atoms with Crippen molar-refractivity contribution in [2.24, 2.45) is 0 Å². The molecule has 0 spiro atoms. The third-order valence-corrected chi connectivity index (χ3v) is 4.63. The molecule has 2 aliphatic rings. The Labute approximate surface area is 150 Å². The molecular formula is C15H28O11. The maximum absolute atomic E-state index is 10.2. The minimum absolute atomic E-state index is 0.0627. The van der Waals surface area contributed by atoms with E-state index < -0.39 is 68.0 Å². The Balaban J connectivity index is 2.14. The van der Waals surface area contributed by atoms with E-state index in [1.165, 1.54) is 21.3 Å². The molecule has 2 heterocycles. The van der Waals surface area contributed by atoms with Gasteiger partial charge in [-0.1, -0.05) is 0 Å². The summed E-state index contributed by atoms with van der Waals surface area (Å²) in [5.41, 5.74) is 0. The first-order chi connectivity index (χ1) is 12.4. The van der Waals surface area contributed by atoms with Crippen LogP contribution >= 0.6 is 0 Å². The first-order valence-electron chi connectivity index (χ1n) is 8.23. The summed E-state index contributed by atoms with van der Waals surface area (Å²) in [5, 5.41) is 49.3. The quantitative estimate of drug-likeness (QED) is 0.265. The van der Waals surface area contributed by atoms with E-state index in [0.29, 0.717) is 0 Å². The molecule has 9 unspecified atom stereocenters. The first kappa shape index (κ1) is 21.9. The topological polar surface area (TPSA) is 157 Å². The van der Waals surface area contributed by atoms with E-state index in [2.05, 4.69) is 0 Å². The van der Waals surface area contributed by atoms with Gasteiger partial charge in [0.15, 0.2) is 12.6 Å². The summed E-state index contributed by atoms with van der Waals surface area (Å²) >= 11 is 0. The standard InChI is InChI=1S/C15H28O11/c1-21-13(15(22-2)23-3)12-11(6(17)5-24-12)26-14-10(20)9(19)8(18)7(4-16)25-14/h6-20H,4-5H2,1-3H3.